The maximum absolute atomic E-state index is 5.95. The molecule has 28 heavy (non-hydrogen) atoms. The molecule has 0 spiro atoms. The van der Waals surface area contributed by atoms with Gasteiger partial charge in [0.05, 0.1) is 24.6 Å². The van der Waals surface area contributed by atoms with E-state index in [1.54, 1.807) is 0 Å². The summed E-state index contributed by atoms with van der Waals surface area (Å²) in [4.78, 5) is 2.38. The molecular weight excluding hydrogens is 378 g/mol. The second-order valence-electron chi connectivity index (χ2n) is 6.91. The highest BCUT2D eigenvalue weighted by Crippen LogP contribution is 2.22. The number of rotatable bonds is 7. The summed E-state index contributed by atoms with van der Waals surface area (Å²) >= 11 is 5.89. The lowest BCUT2D eigenvalue weighted by Gasteiger charge is -2.31. The van der Waals surface area contributed by atoms with Crippen molar-refractivity contribution in [2.24, 2.45) is 7.05 Å². The topological polar surface area (TPSA) is 68.2 Å². The molecule has 1 aliphatic rings. The molecule has 0 amide bonds. The molecule has 2 aromatic heterocycles. The Bertz CT molecular complexity index is 892. The van der Waals surface area contributed by atoms with Crippen LogP contribution in [0.3, 0.4) is 0 Å². The molecular formula is C20H24ClN5O2. The van der Waals surface area contributed by atoms with Crippen molar-refractivity contribution >= 4 is 11.6 Å². The molecule has 3 heterocycles. The molecule has 1 aromatic carbocycles. The molecule has 7 nitrogen and oxygen atoms in total. The minimum atomic E-state index is -0.0239. The standard InChI is InChI=1S/C20H24ClN5O2/c1-25-17(6-8-22-25)13-26-9-11-28-20(14-26)19-12-16(23-24-19)7-10-27-18-4-2-15(21)3-5-18/h2-6,8,12,20H,7,9-11,13-14H2,1H3,(H,23,24). The van der Waals surface area contributed by atoms with Crippen LogP contribution in [0.15, 0.2) is 42.6 Å². The number of aryl methyl sites for hydroxylation is 1. The third-order valence-corrected chi connectivity index (χ3v) is 5.14. The molecule has 0 saturated carbocycles. The number of morpholine rings is 1. The molecule has 1 atom stereocenters. The Labute approximate surface area is 169 Å². The van der Waals surface area contributed by atoms with Gasteiger partial charge in [-0.2, -0.15) is 10.2 Å². The maximum atomic E-state index is 5.95. The predicted octanol–water partition coefficient (Wildman–Crippen LogP) is 2.99. The number of hydrogen-bond acceptors (Lipinski definition) is 5. The van der Waals surface area contributed by atoms with Gasteiger partial charge in [-0.15, -0.1) is 0 Å². The summed E-state index contributed by atoms with van der Waals surface area (Å²) in [5.74, 6) is 0.811. The number of hydrogen-bond donors (Lipinski definition) is 1. The van der Waals surface area contributed by atoms with Crippen LogP contribution in [0.25, 0.3) is 0 Å². The van der Waals surface area contributed by atoms with Gasteiger partial charge >= 0.3 is 0 Å². The van der Waals surface area contributed by atoms with Crippen LogP contribution < -0.4 is 4.74 Å². The molecule has 148 valence electrons. The lowest BCUT2D eigenvalue weighted by atomic mass is 10.2. The number of aromatic amines is 1. The molecule has 0 bridgehead atoms. The van der Waals surface area contributed by atoms with E-state index in [2.05, 4.69) is 32.3 Å². The van der Waals surface area contributed by atoms with E-state index in [9.17, 15) is 0 Å². The van der Waals surface area contributed by atoms with Crippen LogP contribution in [0.4, 0.5) is 0 Å². The Morgan fingerprint density at radius 1 is 1.29 bits per heavy atom. The molecule has 8 heteroatoms. The van der Waals surface area contributed by atoms with Crippen molar-refractivity contribution in [1.29, 1.82) is 0 Å². The monoisotopic (exact) mass is 401 g/mol. The quantitative estimate of drug-likeness (QED) is 0.659. The van der Waals surface area contributed by atoms with Gasteiger partial charge in [-0.25, -0.2) is 0 Å². The van der Waals surface area contributed by atoms with Crippen LogP contribution in [0, 0.1) is 0 Å². The number of H-pyrrole nitrogens is 1. The smallest absolute Gasteiger partial charge is 0.119 e. The maximum Gasteiger partial charge on any atom is 0.119 e. The molecule has 1 aliphatic heterocycles. The Kier molecular flexibility index (Phi) is 5.95. The number of benzene rings is 1. The Balaban J connectivity index is 1.29. The zero-order valence-corrected chi connectivity index (χ0v) is 16.6. The van der Waals surface area contributed by atoms with Gasteiger partial charge in [0.25, 0.3) is 0 Å². The van der Waals surface area contributed by atoms with E-state index >= 15 is 0 Å². The van der Waals surface area contributed by atoms with Crippen LogP contribution in [0.1, 0.15) is 23.2 Å². The minimum absolute atomic E-state index is 0.0239. The molecule has 0 radical (unpaired) electrons. The van der Waals surface area contributed by atoms with Gasteiger partial charge in [0.2, 0.25) is 0 Å². The first-order valence-electron chi connectivity index (χ1n) is 9.41. The van der Waals surface area contributed by atoms with Crippen molar-refractivity contribution < 1.29 is 9.47 Å². The normalized spacial score (nSPS) is 17.7. The zero-order chi connectivity index (χ0) is 19.3. The summed E-state index contributed by atoms with van der Waals surface area (Å²) in [6.45, 7) is 3.86. The SMILES string of the molecule is Cn1nccc1CN1CCOC(c2cc(CCOc3ccc(Cl)cc3)[nH]n2)C1. The minimum Gasteiger partial charge on any atom is -0.493 e. The van der Waals surface area contributed by atoms with Crippen molar-refractivity contribution in [2.75, 3.05) is 26.3 Å². The van der Waals surface area contributed by atoms with Gasteiger partial charge in [-0.1, -0.05) is 11.6 Å². The largest absolute Gasteiger partial charge is 0.493 e. The van der Waals surface area contributed by atoms with Crippen LogP contribution >= 0.6 is 11.6 Å². The molecule has 1 saturated heterocycles. The fourth-order valence-electron chi connectivity index (χ4n) is 3.29. The van der Waals surface area contributed by atoms with Gasteiger partial charge in [0.1, 0.15) is 11.9 Å². The number of aromatic nitrogens is 4. The first-order chi connectivity index (χ1) is 13.7. The summed E-state index contributed by atoms with van der Waals surface area (Å²) in [5.41, 5.74) is 3.18. The van der Waals surface area contributed by atoms with Crippen molar-refractivity contribution in [3.8, 4) is 5.75 Å². The summed E-state index contributed by atoms with van der Waals surface area (Å²) in [7, 11) is 1.97. The van der Waals surface area contributed by atoms with Gasteiger partial charge in [0, 0.05) is 50.0 Å². The zero-order valence-electron chi connectivity index (χ0n) is 15.8. The fraction of sp³-hybridized carbons (Fsp3) is 0.400. The summed E-state index contributed by atoms with van der Waals surface area (Å²) in [6.07, 6.45) is 2.56. The van der Waals surface area contributed by atoms with Gasteiger partial charge in [-0.05, 0) is 36.4 Å². The summed E-state index contributed by atoms with van der Waals surface area (Å²) in [6, 6.07) is 11.5. The highest BCUT2D eigenvalue weighted by molar-refractivity contribution is 6.30. The van der Waals surface area contributed by atoms with E-state index in [1.165, 1.54) is 5.69 Å². The second-order valence-corrected chi connectivity index (χ2v) is 7.35. The van der Waals surface area contributed by atoms with E-state index in [4.69, 9.17) is 21.1 Å². The Morgan fingerprint density at radius 2 is 2.14 bits per heavy atom. The Morgan fingerprint density at radius 3 is 2.93 bits per heavy atom. The molecule has 0 aliphatic carbocycles. The van der Waals surface area contributed by atoms with Crippen molar-refractivity contribution in [3.63, 3.8) is 0 Å². The van der Waals surface area contributed by atoms with Crippen LogP contribution in [0.5, 0.6) is 5.75 Å². The van der Waals surface area contributed by atoms with Crippen molar-refractivity contribution in [1.82, 2.24) is 24.9 Å². The first-order valence-corrected chi connectivity index (χ1v) is 9.78. The molecule has 3 aromatic rings. The molecule has 1 fully saturated rings. The number of ether oxygens (including phenoxy) is 2. The average Bonchev–Trinajstić information content (AvgIpc) is 3.33. The molecule has 1 unspecified atom stereocenters. The first kappa shape index (κ1) is 19.0. The van der Waals surface area contributed by atoms with E-state index in [0.717, 1.165) is 43.2 Å². The number of nitrogens with one attached hydrogen (secondary N) is 1. The van der Waals surface area contributed by atoms with Gasteiger partial charge in [-0.3, -0.25) is 14.7 Å². The molecule has 4 rings (SSSR count). The van der Waals surface area contributed by atoms with E-state index in [1.807, 2.05) is 42.2 Å². The third-order valence-electron chi connectivity index (χ3n) is 4.89. The predicted molar refractivity (Wildman–Crippen MR) is 106 cm³/mol. The average molecular weight is 402 g/mol. The van der Waals surface area contributed by atoms with Crippen molar-refractivity contribution in [3.05, 3.63) is 64.7 Å². The van der Waals surface area contributed by atoms with Crippen LogP contribution in [-0.4, -0.2) is 51.2 Å². The summed E-state index contributed by atoms with van der Waals surface area (Å²) < 4.78 is 13.6. The van der Waals surface area contributed by atoms with Gasteiger partial charge < -0.3 is 9.47 Å². The second kappa shape index (κ2) is 8.77. The molecule has 1 N–H and O–H groups in total. The van der Waals surface area contributed by atoms with E-state index < -0.39 is 0 Å². The highest BCUT2D eigenvalue weighted by atomic mass is 35.5. The number of halogens is 1. The van der Waals surface area contributed by atoms with Crippen LogP contribution in [0.2, 0.25) is 5.02 Å². The lowest BCUT2D eigenvalue weighted by molar-refractivity contribution is -0.0356. The van der Waals surface area contributed by atoms with Crippen LogP contribution in [-0.2, 0) is 24.8 Å². The van der Waals surface area contributed by atoms with E-state index in [0.29, 0.717) is 18.2 Å². The summed E-state index contributed by atoms with van der Waals surface area (Å²) in [5, 5.41) is 12.5. The third kappa shape index (κ3) is 4.73. The highest BCUT2D eigenvalue weighted by Gasteiger charge is 2.24. The number of nitrogens with zero attached hydrogens (tertiary/aromatic N) is 4. The fourth-order valence-corrected chi connectivity index (χ4v) is 3.42. The van der Waals surface area contributed by atoms with Crippen molar-refractivity contribution in [2.45, 2.75) is 19.1 Å². The van der Waals surface area contributed by atoms with E-state index in [-0.39, 0.29) is 6.10 Å². The lowest BCUT2D eigenvalue weighted by Crippen LogP contribution is -2.38. The Hall–Kier alpha value is -2.35. The van der Waals surface area contributed by atoms with Gasteiger partial charge in [0.15, 0.2) is 0 Å².